The van der Waals surface area contributed by atoms with Crippen molar-refractivity contribution in [2.45, 2.75) is 19.4 Å². The molecule has 1 aromatic heterocycles. The van der Waals surface area contributed by atoms with Gasteiger partial charge in [0.05, 0.1) is 10.5 Å². The Labute approximate surface area is 120 Å². The second-order valence-electron chi connectivity index (χ2n) is 4.17. The lowest BCUT2D eigenvalue weighted by molar-refractivity contribution is 0.553. The highest BCUT2D eigenvalue weighted by molar-refractivity contribution is 9.10. The van der Waals surface area contributed by atoms with Crippen LogP contribution in [0.3, 0.4) is 0 Å². The van der Waals surface area contributed by atoms with Gasteiger partial charge in [0, 0.05) is 18.0 Å². The number of halogens is 2. The fourth-order valence-electron chi connectivity index (χ4n) is 2.11. The van der Waals surface area contributed by atoms with Gasteiger partial charge in [0.15, 0.2) is 0 Å². The first kappa shape index (κ1) is 14.1. The molecule has 2 aromatic rings. The maximum atomic E-state index is 14.2. The number of aryl methyl sites for hydroxylation is 1. The van der Waals surface area contributed by atoms with E-state index in [2.05, 4.69) is 26.3 Å². The third-order valence-electron chi connectivity index (χ3n) is 3.09. The second-order valence-corrected chi connectivity index (χ2v) is 5.03. The van der Waals surface area contributed by atoms with E-state index in [1.807, 2.05) is 13.0 Å². The summed E-state index contributed by atoms with van der Waals surface area (Å²) in [6, 6.07) is 6.66. The number of hydrogen-bond acceptors (Lipinski definition) is 3. The molecule has 0 radical (unpaired) electrons. The first-order valence-corrected chi connectivity index (χ1v) is 6.81. The minimum atomic E-state index is -0.393. The monoisotopic (exact) mass is 323 g/mol. The van der Waals surface area contributed by atoms with Crippen LogP contribution in [0.4, 0.5) is 4.39 Å². The summed E-state index contributed by atoms with van der Waals surface area (Å²) in [7, 11) is 0. The Morgan fingerprint density at radius 3 is 2.84 bits per heavy atom. The van der Waals surface area contributed by atoms with Crippen molar-refractivity contribution < 1.29 is 4.39 Å². The smallest absolute Gasteiger partial charge is 0.142 e. The van der Waals surface area contributed by atoms with Gasteiger partial charge in [-0.3, -0.25) is 10.8 Å². The van der Waals surface area contributed by atoms with Gasteiger partial charge < -0.3 is 0 Å². The molecule has 3 nitrogen and oxygen atoms in total. The summed E-state index contributed by atoms with van der Waals surface area (Å²) in [5.74, 6) is 5.33. The number of rotatable bonds is 4. The molecule has 0 amide bonds. The van der Waals surface area contributed by atoms with E-state index in [-0.39, 0.29) is 5.82 Å². The van der Waals surface area contributed by atoms with E-state index in [9.17, 15) is 4.39 Å². The van der Waals surface area contributed by atoms with Crippen LogP contribution in [0.1, 0.15) is 29.7 Å². The quantitative estimate of drug-likeness (QED) is 0.671. The third-order valence-corrected chi connectivity index (χ3v) is 3.70. The molecule has 0 saturated heterocycles. The summed E-state index contributed by atoms with van der Waals surface area (Å²) in [5, 5.41) is 0. The van der Waals surface area contributed by atoms with Gasteiger partial charge in [-0.05, 0) is 45.6 Å². The van der Waals surface area contributed by atoms with Crippen LogP contribution in [0, 0.1) is 5.82 Å². The summed E-state index contributed by atoms with van der Waals surface area (Å²) in [6.07, 6.45) is 4.29. The Bertz CT molecular complexity index is 574. The number of hydrazine groups is 1. The normalized spacial score (nSPS) is 12.4. The minimum Gasteiger partial charge on any atom is -0.271 e. The molecule has 0 aliphatic carbocycles. The molecule has 0 aliphatic heterocycles. The average molecular weight is 324 g/mol. The van der Waals surface area contributed by atoms with Gasteiger partial charge in [0.1, 0.15) is 5.82 Å². The predicted octanol–water partition coefficient (Wildman–Crippen LogP) is 3.10. The number of pyridine rings is 1. The van der Waals surface area contributed by atoms with Crippen molar-refractivity contribution in [3.63, 3.8) is 0 Å². The molecule has 0 spiro atoms. The number of benzene rings is 1. The number of nitrogens with zero attached hydrogens (tertiary/aromatic N) is 1. The van der Waals surface area contributed by atoms with Crippen LogP contribution in [-0.2, 0) is 6.42 Å². The van der Waals surface area contributed by atoms with E-state index in [1.54, 1.807) is 30.6 Å². The molecule has 1 aromatic carbocycles. The molecule has 0 bridgehead atoms. The van der Waals surface area contributed by atoms with Crippen LogP contribution in [-0.4, -0.2) is 4.98 Å². The topological polar surface area (TPSA) is 50.9 Å². The standard InChI is InChI=1S/C14H15BrFN3/c1-2-9-8-18-7-6-10(9)14(19-17)11-4-3-5-12(15)13(11)16/h3-8,14,19H,2,17H2,1H3. The Morgan fingerprint density at radius 2 is 2.16 bits per heavy atom. The van der Waals surface area contributed by atoms with Gasteiger partial charge in [-0.2, -0.15) is 0 Å². The summed E-state index contributed by atoms with van der Waals surface area (Å²) >= 11 is 3.20. The zero-order valence-electron chi connectivity index (χ0n) is 10.5. The first-order chi connectivity index (χ1) is 9.19. The van der Waals surface area contributed by atoms with Crippen molar-refractivity contribution in [3.8, 4) is 0 Å². The maximum Gasteiger partial charge on any atom is 0.142 e. The fraction of sp³-hybridized carbons (Fsp3) is 0.214. The molecule has 0 saturated carbocycles. The van der Waals surface area contributed by atoms with Gasteiger partial charge in [-0.1, -0.05) is 19.1 Å². The van der Waals surface area contributed by atoms with Gasteiger partial charge in [-0.15, -0.1) is 0 Å². The second kappa shape index (κ2) is 6.23. The third kappa shape index (κ3) is 2.83. The highest BCUT2D eigenvalue weighted by Crippen LogP contribution is 2.29. The van der Waals surface area contributed by atoms with Crippen LogP contribution in [0.15, 0.2) is 41.1 Å². The molecule has 100 valence electrons. The summed E-state index contributed by atoms with van der Waals surface area (Å²) in [5.41, 5.74) is 5.19. The molecule has 19 heavy (non-hydrogen) atoms. The Kier molecular flexibility index (Phi) is 4.63. The zero-order valence-corrected chi connectivity index (χ0v) is 12.1. The van der Waals surface area contributed by atoms with Crippen molar-refractivity contribution in [2.75, 3.05) is 0 Å². The summed E-state index contributed by atoms with van der Waals surface area (Å²) in [4.78, 5) is 4.09. The van der Waals surface area contributed by atoms with E-state index in [0.717, 1.165) is 17.5 Å². The molecule has 1 unspecified atom stereocenters. The first-order valence-electron chi connectivity index (χ1n) is 6.01. The highest BCUT2D eigenvalue weighted by Gasteiger charge is 2.20. The molecular weight excluding hydrogens is 309 g/mol. The average Bonchev–Trinajstić information content (AvgIpc) is 2.45. The highest BCUT2D eigenvalue weighted by atomic mass is 79.9. The lowest BCUT2D eigenvalue weighted by atomic mass is 9.95. The molecule has 0 fully saturated rings. The van der Waals surface area contributed by atoms with Crippen molar-refractivity contribution in [2.24, 2.45) is 5.84 Å². The van der Waals surface area contributed by atoms with Gasteiger partial charge in [0.25, 0.3) is 0 Å². The lowest BCUT2D eigenvalue weighted by Crippen LogP contribution is -2.30. The van der Waals surface area contributed by atoms with Crippen molar-refractivity contribution in [1.82, 2.24) is 10.4 Å². The van der Waals surface area contributed by atoms with E-state index in [0.29, 0.717) is 10.0 Å². The van der Waals surface area contributed by atoms with Crippen LogP contribution in [0.25, 0.3) is 0 Å². The van der Waals surface area contributed by atoms with Gasteiger partial charge in [0.2, 0.25) is 0 Å². The Morgan fingerprint density at radius 1 is 1.37 bits per heavy atom. The molecule has 5 heteroatoms. The Balaban J connectivity index is 2.53. The number of aromatic nitrogens is 1. The largest absolute Gasteiger partial charge is 0.271 e. The molecular formula is C14H15BrFN3. The predicted molar refractivity (Wildman–Crippen MR) is 76.9 cm³/mol. The lowest BCUT2D eigenvalue weighted by Gasteiger charge is -2.20. The van der Waals surface area contributed by atoms with Crippen LogP contribution in [0.2, 0.25) is 0 Å². The molecule has 1 atom stereocenters. The van der Waals surface area contributed by atoms with E-state index < -0.39 is 6.04 Å². The number of nitrogens with one attached hydrogen (secondary N) is 1. The van der Waals surface area contributed by atoms with Gasteiger partial charge >= 0.3 is 0 Å². The number of hydrogen-bond donors (Lipinski definition) is 2. The summed E-state index contributed by atoms with van der Waals surface area (Å²) in [6.45, 7) is 2.03. The van der Waals surface area contributed by atoms with Crippen molar-refractivity contribution >= 4 is 15.9 Å². The van der Waals surface area contributed by atoms with Crippen molar-refractivity contribution in [3.05, 3.63) is 63.6 Å². The fourth-order valence-corrected chi connectivity index (χ4v) is 2.49. The van der Waals surface area contributed by atoms with E-state index in [1.165, 1.54) is 0 Å². The molecule has 2 rings (SSSR count). The van der Waals surface area contributed by atoms with E-state index in [4.69, 9.17) is 5.84 Å². The molecule has 0 aliphatic rings. The zero-order chi connectivity index (χ0) is 13.8. The maximum absolute atomic E-state index is 14.2. The van der Waals surface area contributed by atoms with Crippen LogP contribution >= 0.6 is 15.9 Å². The van der Waals surface area contributed by atoms with Crippen molar-refractivity contribution in [1.29, 1.82) is 0 Å². The summed E-state index contributed by atoms with van der Waals surface area (Å²) < 4.78 is 14.6. The molecule has 3 N–H and O–H groups in total. The SMILES string of the molecule is CCc1cnccc1C(NN)c1cccc(Br)c1F. The number of nitrogens with two attached hydrogens (primary N) is 1. The van der Waals surface area contributed by atoms with Gasteiger partial charge in [-0.25, -0.2) is 9.82 Å². The van der Waals surface area contributed by atoms with Crippen LogP contribution in [0.5, 0.6) is 0 Å². The molecule has 1 heterocycles. The minimum absolute atomic E-state index is 0.302. The van der Waals surface area contributed by atoms with Crippen LogP contribution < -0.4 is 11.3 Å². The Hall–Kier alpha value is -1.30. The van der Waals surface area contributed by atoms with E-state index >= 15 is 0 Å².